The highest BCUT2D eigenvalue weighted by molar-refractivity contribution is 5.91. The number of nitrogens with zero attached hydrogens (tertiary/aromatic N) is 1. The predicted molar refractivity (Wildman–Crippen MR) is 75.8 cm³/mol. The first-order valence-corrected chi connectivity index (χ1v) is 6.82. The van der Waals surface area contributed by atoms with E-state index in [0.717, 1.165) is 11.8 Å². The van der Waals surface area contributed by atoms with Gasteiger partial charge in [-0.3, -0.25) is 0 Å². The lowest BCUT2D eigenvalue weighted by Crippen LogP contribution is -2.09. The second kappa shape index (κ2) is 6.08. The third-order valence-electron chi connectivity index (χ3n) is 3.22. The second-order valence-corrected chi connectivity index (χ2v) is 4.68. The van der Waals surface area contributed by atoms with Gasteiger partial charge >= 0.3 is 5.97 Å². The van der Waals surface area contributed by atoms with Gasteiger partial charge in [0.15, 0.2) is 0 Å². The normalized spacial score (nSPS) is 10.7. The topological polar surface area (TPSA) is 31.2 Å². The van der Waals surface area contributed by atoms with Gasteiger partial charge in [0.2, 0.25) is 0 Å². The standard InChI is InChI=1S/C16H17F2NO2/c1-4-15-14(16(20)21-5-2)6-10(3)19(15)13-8-11(17)7-12(18)9-13/h6-9H,4-5H2,1-3H3. The van der Waals surface area contributed by atoms with E-state index in [1.165, 1.54) is 12.1 Å². The maximum atomic E-state index is 13.4. The second-order valence-electron chi connectivity index (χ2n) is 4.68. The fourth-order valence-corrected chi connectivity index (χ4v) is 2.45. The molecule has 1 aromatic carbocycles. The van der Waals surface area contributed by atoms with Crippen molar-refractivity contribution in [2.45, 2.75) is 27.2 Å². The van der Waals surface area contributed by atoms with E-state index in [4.69, 9.17) is 4.74 Å². The molecular formula is C16H17F2NO2. The summed E-state index contributed by atoms with van der Waals surface area (Å²) in [5, 5.41) is 0. The molecule has 5 heteroatoms. The van der Waals surface area contributed by atoms with Crippen molar-refractivity contribution in [3.8, 4) is 5.69 Å². The Bertz CT molecular complexity index is 657. The van der Waals surface area contributed by atoms with Gasteiger partial charge in [-0.1, -0.05) is 6.92 Å². The summed E-state index contributed by atoms with van der Waals surface area (Å²) in [6.45, 7) is 5.67. The Morgan fingerprint density at radius 2 is 1.76 bits per heavy atom. The summed E-state index contributed by atoms with van der Waals surface area (Å²) in [5.74, 6) is -1.73. The van der Waals surface area contributed by atoms with E-state index in [1.54, 1.807) is 24.5 Å². The SMILES string of the molecule is CCOC(=O)c1cc(C)n(-c2cc(F)cc(F)c2)c1CC. The van der Waals surface area contributed by atoms with Gasteiger partial charge in [-0.2, -0.15) is 0 Å². The molecule has 0 bridgehead atoms. The third kappa shape index (κ3) is 2.96. The Kier molecular flexibility index (Phi) is 4.40. The van der Waals surface area contributed by atoms with E-state index < -0.39 is 17.6 Å². The van der Waals surface area contributed by atoms with Crippen LogP contribution >= 0.6 is 0 Å². The molecule has 0 N–H and O–H groups in total. The Labute approximate surface area is 122 Å². The van der Waals surface area contributed by atoms with Crippen molar-refractivity contribution in [3.63, 3.8) is 0 Å². The van der Waals surface area contributed by atoms with Crippen molar-refractivity contribution in [2.24, 2.45) is 0 Å². The molecule has 2 rings (SSSR count). The number of carbonyl (C=O) groups excluding carboxylic acids is 1. The van der Waals surface area contributed by atoms with Crippen molar-refractivity contribution in [1.82, 2.24) is 4.57 Å². The molecule has 0 saturated carbocycles. The molecule has 0 aliphatic heterocycles. The average Bonchev–Trinajstić information content (AvgIpc) is 2.74. The number of esters is 1. The molecule has 0 atom stereocenters. The molecule has 1 aromatic heterocycles. The molecule has 21 heavy (non-hydrogen) atoms. The highest BCUT2D eigenvalue weighted by Crippen LogP contribution is 2.24. The number of rotatable bonds is 4. The van der Waals surface area contributed by atoms with Crippen LogP contribution in [0, 0.1) is 18.6 Å². The van der Waals surface area contributed by atoms with Gasteiger partial charge < -0.3 is 9.30 Å². The van der Waals surface area contributed by atoms with E-state index in [9.17, 15) is 13.6 Å². The molecule has 0 spiro atoms. The zero-order chi connectivity index (χ0) is 15.6. The minimum atomic E-state index is -0.655. The van der Waals surface area contributed by atoms with E-state index in [-0.39, 0.29) is 6.61 Å². The Balaban J connectivity index is 2.61. The van der Waals surface area contributed by atoms with Crippen LogP contribution in [-0.2, 0) is 11.2 Å². The highest BCUT2D eigenvalue weighted by atomic mass is 19.1. The van der Waals surface area contributed by atoms with Crippen molar-refractivity contribution in [3.05, 3.63) is 52.9 Å². The van der Waals surface area contributed by atoms with Gasteiger partial charge in [-0.15, -0.1) is 0 Å². The molecule has 0 unspecified atom stereocenters. The predicted octanol–water partition coefficient (Wildman–Crippen LogP) is 3.80. The van der Waals surface area contributed by atoms with Gasteiger partial charge in [-0.05, 0) is 38.5 Å². The fourth-order valence-electron chi connectivity index (χ4n) is 2.45. The smallest absolute Gasteiger partial charge is 0.339 e. The number of aryl methyl sites for hydroxylation is 1. The molecular weight excluding hydrogens is 276 g/mol. The van der Waals surface area contributed by atoms with Crippen molar-refractivity contribution >= 4 is 5.97 Å². The van der Waals surface area contributed by atoms with E-state index in [2.05, 4.69) is 0 Å². The summed E-state index contributed by atoms with van der Waals surface area (Å²) >= 11 is 0. The zero-order valence-electron chi connectivity index (χ0n) is 12.2. The summed E-state index contributed by atoms with van der Waals surface area (Å²) in [6.07, 6.45) is 0.542. The minimum Gasteiger partial charge on any atom is -0.462 e. The molecule has 3 nitrogen and oxygen atoms in total. The van der Waals surface area contributed by atoms with Crippen LogP contribution < -0.4 is 0 Å². The zero-order valence-corrected chi connectivity index (χ0v) is 12.2. The van der Waals surface area contributed by atoms with E-state index in [1.807, 2.05) is 6.92 Å². The van der Waals surface area contributed by atoms with Gasteiger partial charge in [-0.25, -0.2) is 13.6 Å². The Morgan fingerprint density at radius 1 is 1.14 bits per heavy atom. The fraction of sp³-hybridized carbons (Fsp3) is 0.312. The van der Waals surface area contributed by atoms with Gasteiger partial charge in [0, 0.05) is 17.5 Å². The Morgan fingerprint density at radius 3 is 2.29 bits per heavy atom. The number of benzene rings is 1. The van der Waals surface area contributed by atoms with Gasteiger partial charge in [0.25, 0.3) is 0 Å². The molecule has 0 radical (unpaired) electrons. The average molecular weight is 293 g/mol. The summed E-state index contributed by atoms with van der Waals surface area (Å²) in [4.78, 5) is 12.0. The summed E-state index contributed by atoms with van der Waals surface area (Å²) in [6, 6.07) is 4.98. The molecule has 0 saturated heterocycles. The lowest BCUT2D eigenvalue weighted by Gasteiger charge is -2.12. The van der Waals surface area contributed by atoms with Crippen LogP contribution in [0.1, 0.15) is 35.6 Å². The van der Waals surface area contributed by atoms with Crippen molar-refractivity contribution in [1.29, 1.82) is 0 Å². The quantitative estimate of drug-likeness (QED) is 0.803. The first-order chi connectivity index (χ1) is 9.97. The molecule has 0 aliphatic rings. The number of aromatic nitrogens is 1. The van der Waals surface area contributed by atoms with E-state index >= 15 is 0 Å². The van der Waals surface area contributed by atoms with Crippen LogP contribution in [0.4, 0.5) is 8.78 Å². The lowest BCUT2D eigenvalue weighted by molar-refractivity contribution is 0.0525. The molecule has 0 fully saturated rings. The van der Waals surface area contributed by atoms with Crippen LogP contribution in [0.15, 0.2) is 24.3 Å². The maximum absolute atomic E-state index is 13.4. The molecule has 1 heterocycles. The number of halogens is 2. The largest absolute Gasteiger partial charge is 0.462 e. The Hall–Kier alpha value is -2.17. The van der Waals surface area contributed by atoms with Crippen molar-refractivity contribution < 1.29 is 18.3 Å². The van der Waals surface area contributed by atoms with E-state index in [0.29, 0.717) is 23.4 Å². The van der Waals surface area contributed by atoms with Crippen LogP contribution in [0.2, 0.25) is 0 Å². The molecule has 0 amide bonds. The minimum absolute atomic E-state index is 0.279. The maximum Gasteiger partial charge on any atom is 0.339 e. The van der Waals surface area contributed by atoms with Gasteiger partial charge in [0.1, 0.15) is 11.6 Å². The third-order valence-corrected chi connectivity index (χ3v) is 3.22. The molecule has 112 valence electrons. The number of hydrogen-bond acceptors (Lipinski definition) is 2. The molecule has 2 aromatic rings. The first-order valence-electron chi connectivity index (χ1n) is 6.82. The number of hydrogen-bond donors (Lipinski definition) is 0. The highest BCUT2D eigenvalue weighted by Gasteiger charge is 2.20. The summed E-state index contributed by atoms with van der Waals surface area (Å²) in [5.41, 5.74) is 2.19. The van der Waals surface area contributed by atoms with Crippen LogP contribution in [0.3, 0.4) is 0 Å². The van der Waals surface area contributed by atoms with Gasteiger partial charge in [0.05, 0.1) is 17.9 Å². The molecule has 0 aliphatic carbocycles. The monoisotopic (exact) mass is 293 g/mol. The number of ether oxygens (including phenoxy) is 1. The lowest BCUT2D eigenvalue weighted by atomic mass is 10.2. The first kappa shape index (κ1) is 15.2. The number of carbonyl (C=O) groups is 1. The van der Waals surface area contributed by atoms with Crippen LogP contribution in [0.5, 0.6) is 0 Å². The van der Waals surface area contributed by atoms with Crippen LogP contribution in [0.25, 0.3) is 5.69 Å². The van der Waals surface area contributed by atoms with Crippen LogP contribution in [-0.4, -0.2) is 17.1 Å². The summed E-state index contributed by atoms with van der Waals surface area (Å²) in [7, 11) is 0. The van der Waals surface area contributed by atoms with Crippen molar-refractivity contribution in [2.75, 3.05) is 6.61 Å². The summed E-state index contributed by atoms with van der Waals surface area (Å²) < 4.78 is 33.5.